The van der Waals surface area contributed by atoms with Crippen LogP contribution in [0.15, 0.2) is 35.3 Å². The Bertz CT molecular complexity index is 316. The maximum atomic E-state index is 5.70. The molecule has 0 aromatic heterocycles. The van der Waals surface area contributed by atoms with Gasteiger partial charge in [-0.1, -0.05) is 30.3 Å². The van der Waals surface area contributed by atoms with Crippen LogP contribution in [0.3, 0.4) is 0 Å². The molecule has 1 aromatic carbocycles. The lowest BCUT2D eigenvalue weighted by molar-refractivity contribution is 0.628. The zero-order chi connectivity index (χ0) is 9.26. The standard InChI is InChI=1S/C11H14N2/c1-8-10(7-11(12)13-8)9-5-3-2-4-6-9/h2-6,8,10H,7H2,1H3,(H2,12,13)/t8-,10-/m0/s1. The van der Waals surface area contributed by atoms with Crippen molar-refractivity contribution in [2.24, 2.45) is 10.7 Å². The van der Waals surface area contributed by atoms with Crippen LogP contribution < -0.4 is 5.73 Å². The molecule has 0 spiro atoms. The summed E-state index contributed by atoms with van der Waals surface area (Å²) < 4.78 is 0. The first-order chi connectivity index (χ1) is 6.27. The molecule has 0 radical (unpaired) electrons. The fourth-order valence-corrected chi connectivity index (χ4v) is 1.90. The van der Waals surface area contributed by atoms with Gasteiger partial charge in [0.1, 0.15) is 0 Å². The van der Waals surface area contributed by atoms with E-state index in [1.54, 1.807) is 0 Å². The molecule has 2 heteroatoms. The average Bonchev–Trinajstić information content (AvgIpc) is 2.47. The molecule has 0 unspecified atom stereocenters. The van der Waals surface area contributed by atoms with Gasteiger partial charge in [-0.25, -0.2) is 0 Å². The quantitative estimate of drug-likeness (QED) is 0.694. The molecule has 13 heavy (non-hydrogen) atoms. The molecule has 0 bridgehead atoms. The summed E-state index contributed by atoms with van der Waals surface area (Å²) in [5, 5.41) is 0. The van der Waals surface area contributed by atoms with Gasteiger partial charge in [-0.3, -0.25) is 4.99 Å². The van der Waals surface area contributed by atoms with Crippen LogP contribution >= 0.6 is 0 Å². The molecule has 2 N–H and O–H groups in total. The van der Waals surface area contributed by atoms with Crippen molar-refractivity contribution in [2.75, 3.05) is 0 Å². The minimum atomic E-state index is 0.336. The van der Waals surface area contributed by atoms with Crippen LogP contribution in [0.5, 0.6) is 0 Å². The highest BCUT2D eigenvalue weighted by atomic mass is 14.9. The highest BCUT2D eigenvalue weighted by Crippen LogP contribution is 2.29. The Kier molecular flexibility index (Phi) is 2.05. The predicted octanol–water partition coefficient (Wildman–Crippen LogP) is 1.92. The SMILES string of the molecule is C[C@@H]1N=C(N)C[C@@H]1c1ccccc1. The van der Waals surface area contributed by atoms with Crippen LogP contribution in [0.25, 0.3) is 0 Å². The van der Waals surface area contributed by atoms with E-state index in [-0.39, 0.29) is 0 Å². The molecule has 2 nitrogen and oxygen atoms in total. The van der Waals surface area contributed by atoms with Crippen molar-refractivity contribution < 1.29 is 0 Å². The highest BCUT2D eigenvalue weighted by Gasteiger charge is 2.25. The van der Waals surface area contributed by atoms with Gasteiger partial charge in [-0.05, 0) is 12.5 Å². The Morgan fingerprint density at radius 2 is 2.00 bits per heavy atom. The van der Waals surface area contributed by atoms with E-state index in [2.05, 4.69) is 36.2 Å². The predicted molar refractivity (Wildman–Crippen MR) is 54.9 cm³/mol. The number of hydrogen-bond acceptors (Lipinski definition) is 2. The third-order valence-electron chi connectivity index (χ3n) is 2.61. The summed E-state index contributed by atoms with van der Waals surface area (Å²) in [6, 6.07) is 10.8. The second kappa shape index (κ2) is 3.21. The Balaban J connectivity index is 2.21. The fourth-order valence-electron chi connectivity index (χ4n) is 1.90. The lowest BCUT2D eigenvalue weighted by atomic mass is 9.92. The monoisotopic (exact) mass is 174 g/mol. The van der Waals surface area contributed by atoms with Gasteiger partial charge in [0.25, 0.3) is 0 Å². The van der Waals surface area contributed by atoms with Crippen molar-refractivity contribution in [3.63, 3.8) is 0 Å². The second-order valence-electron chi connectivity index (χ2n) is 3.58. The van der Waals surface area contributed by atoms with E-state index in [0.717, 1.165) is 12.3 Å². The lowest BCUT2D eigenvalue weighted by Gasteiger charge is -2.13. The van der Waals surface area contributed by atoms with E-state index in [4.69, 9.17) is 5.73 Å². The summed E-state index contributed by atoms with van der Waals surface area (Å²) in [7, 11) is 0. The average molecular weight is 174 g/mol. The minimum Gasteiger partial charge on any atom is -0.387 e. The molecule has 0 aliphatic carbocycles. The fraction of sp³-hybridized carbons (Fsp3) is 0.364. The summed E-state index contributed by atoms with van der Waals surface area (Å²) in [5.41, 5.74) is 7.05. The zero-order valence-corrected chi connectivity index (χ0v) is 7.77. The minimum absolute atomic E-state index is 0.336. The van der Waals surface area contributed by atoms with E-state index in [0.29, 0.717) is 12.0 Å². The summed E-state index contributed by atoms with van der Waals surface area (Å²) in [4.78, 5) is 4.34. The van der Waals surface area contributed by atoms with E-state index < -0.39 is 0 Å². The van der Waals surface area contributed by atoms with Crippen LogP contribution in [0, 0.1) is 0 Å². The highest BCUT2D eigenvalue weighted by molar-refractivity contribution is 5.83. The first-order valence-corrected chi connectivity index (χ1v) is 4.64. The Hall–Kier alpha value is -1.31. The van der Waals surface area contributed by atoms with Gasteiger partial charge >= 0.3 is 0 Å². The van der Waals surface area contributed by atoms with Gasteiger partial charge < -0.3 is 5.73 Å². The molecule has 0 saturated heterocycles. The van der Waals surface area contributed by atoms with Crippen molar-refractivity contribution in [3.8, 4) is 0 Å². The van der Waals surface area contributed by atoms with Crippen molar-refractivity contribution >= 4 is 5.84 Å². The molecular formula is C11H14N2. The van der Waals surface area contributed by atoms with Crippen LogP contribution in [-0.2, 0) is 0 Å². The van der Waals surface area contributed by atoms with Gasteiger partial charge in [-0.2, -0.15) is 0 Å². The third kappa shape index (κ3) is 1.57. The number of hydrogen-bond donors (Lipinski definition) is 1. The number of nitrogens with zero attached hydrogens (tertiary/aromatic N) is 1. The van der Waals surface area contributed by atoms with Crippen LogP contribution in [0.1, 0.15) is 24.8 Å². The number of amidine groups is 1. The molecule has 68 valence electrons. The smallest absolute Gasteiger partial charge is 0.0947 e. The van der Waals surface area contributed by atoms with Crippen molar-refractivity contribution in [2.45, 2.75) is 25.3 Å². The van der Waals surface area contributed by atoms with Crippen molar-refractivity contribution in [3.05, 3.63) is 35.9 Å². The normalized spacial score (nSPS) is 27.3. The van der Waals surface area contributed by atoms with Gasteiger partial charge in [0.05, 0.1) is 11.9 Å². The maximum Gasteiger partial charge on any atom is 0.0947 e. The van der Waals surface area contributed by atoms with E-state index in [9.17, 15) is 0 Å². The van der Waals surface area contributed by atoms with Crippen LogP contribution in [0.4, 0.5) is 0 Å². The first-order valence-electron chi connectivity index (χ1n) is 4.64. The molecule has 1 aromatic rings. The Morgan fingerprint density at radius 1 is 1.31 bits per heavy atom. The topological polar surface area (TPSA) is 38.4 Å². The zero-order valence-electron chi connectivity index (χ0n) is 7.77. The molecule has 2 atom stereocenters. The molecular weight excluding hydrogens is 160 g/mol. The molecule has 2 rings (SSSR count). The van der Waals surface area contributed by atoms with Crippen molar-refractivity contribution in [1.82, 2.24) is 0 Å². The summed E-state index contributed by atoms with van der Waals surface area (Å²) in [6.45, 7) is 2.12. The van der Waals surface area contributed by atoms with E-state index in [1.807, 2.05) is 6.07 Å². The van der Waals surface area contributed by atoms with E-state index in [1.165, 1.54) is 5.56 Å². The lowest BCUT2D eigenvalue weighted by Crippen LogP contribution is -2.10. The molecule has 1 aliphatic heterocycles. The van der Waals surface area contributed by atoms with Crippen molar-refractivity contribution in [1.29, 1.82) is 0 Å². The second-order valence-corrected chi connectivity index (χ2v) is 3.58. The van der Waals surface area contributed by atoms with Crippen LogP contribution in [-0.4, -0.2) is 11.9 Å². The molecule has 0 saturated carbocycles. The Morgan fingerprint density at radius 3 is 2.54 bits per heavy atom. The maximum absolute atomic E-state index is 5.70. The molecule has 0 fully saturated rings. The summed E-state index contributed by atoms with van der Waals surface area (Å²) in [6.07, 6.45) is 0.908. The number of benzene rings is 1. The van der Waals surface area contributed by atoms with E-state index >= 15 is 0 Å². The Labute approximate surface area is 78.5 Å². The first kappa shape index (κ1) is 8.30. The molecule has 0 amide bonds. The number of aliphatic imine (C=N–C) groups is 1. The largest absolute Gasteiger partial charge is 0.387 e. The molecule has 1 heterocycles. The summed E-state index contributed by atoms with van der Waals surface area (Å²) in [5.74, 6) is 1.28. The molecule has 1 aliphatic rings. The van der Waals surface area contributed by atoms with Gasteiger partial charge in [0.2, 0.25) is 0 Å². The number of nitrogens with two attached hydrogens (primary N) is 1. The van der Waals surface area contributed by atoms with Gasteiger partial charge in [0, 0.05) is 12.3 Å². The van der Waals surface area contributed by atoms with Crippen LogP contribution in [0.2, 0.25) is 0 Å². The number of rotatable bonds is 1. The third-order valence-corrected chi connectivity index (χ3v) is 2.61. The summed E-state index contributed by atoms with van der Waals surface area (Å²) >= 11 is 0. The van der Waals surface area contributed by atoms with Gasteiger partial charge in [0.15, 0.2) is 0 Å². The van der Waals surface area contributed by atoms with Gasteiger partial charge in [-0.15, -0.1) is 0 Å².